The average Bonchev–Trinajstić information content (AvgIpc) is 3.31. The first-order chi connectivity index (χ1) is 15.6. The largest absolute Gasteiger partial charge is 0.384 e. The molecule has 0 aliphatic carbocycles. The highest BCUT2D eigenvalue weighted by molar-refractivity contribution is 6.43. The van der Waals surface area contributed by atoms with Crippen molar-refractivity contribution in [3.8, 4) is 5.69 Å². The van der Waals surface area contributed by atoms with Gasteiger partial charge < -0.3 is 20.5 Å². The van der Waals surface area contributed by atoms with Crippen LogP contribution in [0.25, 0.3) is 16.9 Å². The molecule has 0 bridgehead atoms. The van der Waals surface area contributed by atoms with Crippen LogP contribution in [0.1, 0.15) is 39.3 Å². The van der Waals surface area contributed by atoms with Crippen LogP contribution in [0.5, 0.6) is 0 Å². The van der Waals surface area contributed by atoms with Crippen LogP contribution in [0.4, 0.5) is 5.82 Å². The number of rotatable bonds is 3. The first kappa shape index (κ1) is 22.8. The van der Waals surface area contributed by atoms with Gasteiger partial charge in [-0.2, -0.15) is 5.10 Å². The molecule has 0 unspecified atom stereocenters. The van der Waals surface area contributed by atoms with E-state index in [1.54, 1.807) is 36.9 Å². The van der Waals surface area contributed by atoms with Crippen molar-refractivity contribution in [1.82, 2.24) is 19.7 Å². The fourth-order valence-corrected chi connectivity index (χ4v) is 5.32. The van der Waals surface area contributed by atoms with Gasteiger partial charge in [0.25, 0.3) is 0 Å². The molecule has 0 amide bonds. The van der Waals surface area contributed by atoms with Crippen molar-refractivity contribution in [2.75, 3.05) is 24.6 Å². The van der Waals surface area contributed by atoms with Crippen LogP contribution >= 0.6 is 23.2 Å². The van der Waals surface area contributed by atoms with Gasteiger partial charge >= 0.3 is 0 Å². The first-order valence-electron chi connectivity index (χ1n) is 11.2. The van der Waals surface area contributed by atoms with Gasteiger partial charge in [0.05, 0.1) is 34.6 Å². The standard InChI is InChI=1S/C23H28Cl2N6O2/c1-13-18(26)23(12-33-13)7-9-30(10-8-23)21-19(22(2,3)32)29-20-15(28-21)11-27-31(20)16-6-4-5-14(24)17(16)25/h4-6,11,13,18,32H,7-10,12,26H2,1-3H3/t13-,18+/m0/s1. The molecule has 10 heteroatoms. The molecule has 1 aromatic carbocycles. The van der Waals surface area contributed by atoms with E-state index in [9.17, 15) is 5.11 Å². The molecule has 5 rings (SSSR count). The lowest BCUT2D eigenvalue weighted by atomic mass is 9.73. The fraction of sp³-hybridized carbons (Fsp3) is 0.522. The Balaban J connectivity index is 1.54. The van der Waals surface area contributed by atoms with Crippen molar-refractivity contribution in [3.05, 3.63) is 40.1 Å². The van der Waals surface area contributed by atoms with Crippen LogP contribution < -0.4 is 10.6 Å². The number of nitrogens with zero attached hydrogens (tertiary/aromatic N) is 5. The molecule has 2 aromatic heterocycles. The zero-order valence-corrected chi connectivity index (χ0v) is 20.4. The predicted molar refractivity (Wildman–Crippen MR) is 129 cm³/mol. The van der Waals surface area contributed by atoms with Crippen LogP contribution in [-0.4, -0.2) is 56.7 Å². The summed E-state index contributed by atoms with van der Waals surface area (Å²) in [7, 11) is 0. The van der Waals surface area contributed by atoms with E-state index < -0.39 is 5.60 Å². The maximum Gasteiger partial charge on any atom is 0.182 e. The van der Waals surface area contributed by atoms with Gasteiger partial charge in [0.1, 0.15) is 16.8 Å². The van der Waals surface area contributed by atoms with E-state index in [-0.39, 0.29) is 17.6 Å². The first-order valence-corrected chi connectivity index (χ1v) is 11.9. The molecule has 2 saturated heterocycles. The van der Waals surface area contributed by atoms with Gasteiger partial charge in [-0.25, -0.2) is 14.6 Å². The number of piperidine rings is 1. The van der Waals surface area contributed by atoms with Gasteiger partial charge in [0.15, 0.2) is 11.5 Å². The number of anilines is 1. The third-order valence-corrected chi connectivity index (χ3v) is 7.83. The number of hydrogen-bond acceptors (Lipinski definition) is 7. The summed E-state index contributed by atoms with van der Waals surface area (Å²) in [5.41, 5.74) is 7.49. The highest BCUT2D eigenvalue weighted by Gasteiger charge is 2.48. The Morgan fingerprint density at radius 1 is 1.21 bits per heavy atom. The number of hydrogen-bond donors (Lipinski definition) is 2. The van der Waals surface area contributed by atoms with Gasteiger partial charge in [0, 0.05) is 24.5 Å². The normalized spacial score (nSPS) is 23.1. The Kier molecular flexibility index (Phi) is 5.57. The van der Waals surface area contributed by atoms with E-state index >= 15 is 0 Å². The summed E-state index contributed by atoms with van der Waals surface area (Å²) in [6, 6.07) is 5.37. The van der Waals surface area contributed by atoms with Gasteiger partial charge in [0.2, 0.25) is 0 Å². The van der Waals surface area contributed by atoms with E-state index in [1.807, 2.05) is 13.0 Å². The molecule has 2 aliphatic rings. The minimum Gasteiger partial charge on any atom is -0.384 e. The van der Waals surface area contributed by atoms with Gasteiger partial charge in [-0.1, -0.05) is 29.3 Å². The summed E-state index contributed by atoms with van der Waals surface area (Å²) in [5.74, 6) is 0.669. The van der Waals surface area contributed by atoms with Crippen molar-refractivity contribution >= 4 is 40.2 Å². The van der Waals surface area contributed by atoms with Crippen molar-refractivity contribution in [3.63, 3.8) is 0 Å². The van der Waals surface area contributed by atoms with Crippen LogP contribution in [0.15, 0.2) is 24.4 Å². The second kappa shape index (κ2) is 8.06. The maximum atomic E-state index is 11.0. The van der Waals surface area contributed by atoms with Crippen molar-refractivity contribution in [1.29, 1.82) is 0 Å². The van der Waals surface area contributed by atoms with Gasteiger partial charge in [-0.3, -0.25) is 0 Å². The number of aromatic nitrogens is 4. The minimum absolute atomic E-state index is 0.00342. The fourth-order valence-electron chi connectivity index (χ4n) is 4.94. The predicted octanol–water partition coefficient (Wildman–Crippen LogP) is 3.68. The molecule has 0 saturated carbocycles. The Hall–Kier alpha value is -1.97. The van der Waals surface area contributed by atoms with E-state index in [1.165, 1.54) is 0 Å². The number of nitrogens with two attached hydrogens (primary N) is 1. The molecule has 0 radical (unpaired) electrons. The third-order valence-electron chi connectivity index (χ3n) is 7.03. The summed E-state index contributed by atoms with van der Waals surface area (Å²) >= 11 is 12.6. The lowest BCUT2D eigenvalue weighted by molar-refractivity contribution is 0.0737. The SMILES string of the molecule is C[C@@H]1OCC2(CCN(c3nc4cnn(-c5cccc(Cl)c5Cl)c4nc3C(C)(C)O)CC2)[C@@H]1N. The molecular weight excluding hydrogens is 463 g/mol. The quantitative estimate of drug-likeness (QED) is 0.576. The van der Waals surface area contributed by atoms with E-state index in [0.29, 0.717) is 45.0 Å². The highest BCUT2D eigenvalue weighted by Crippen LogP contribution is 2.43. The van der Waals surface area contributed by atoms with E-state index in [0.717, 1.165) is 25.9 Å². The van der Waals surface area contributed by atoms with Gasteiger partial charge in [-0.15, -0.1) is 0 Å². The molecule has 1 spiro atoms. The summed E-state index contributed by atoms with van der Waals surface area (Å²) < 4.78 is 7.46. The van der Waals surface area contributed by atoms with Gasteiger partial charge in [-0.05, 0) is 45.7 Å². The Labute approximate surface area is 202 Å². The topological polar surface area (TPSA) is 102 Å². The van der Waals surface area contributed by atoms with Crippen LogP contribution in [0, 0.1) is 5.41 Å². The molecule has 2 aliphatic heterocycles. The molecule has 2 fully saturated rings. The monoisotopic (exact) mass is 490 g/mol. The van der Waals surface area contributed by atoms with Crippen molar-refractivity contribution < 1.29 is 9.84 Å². The summed E-state index contributed by atoms with van der Waals surface area (Å²) in [5, 5.41) is 16.3. The Bertz CT molecular complexity index is 1200. The number of ether oxygens (including phenoxy) is 1. The molecule has 33 heavy (non-hydrogen) atoms. The van der Waals surface area contributed by atoms with Crippen LogP contribution in [0.3, 0.4) is 0 Å². The summed E-state index contributed by atoms with van der Waals surface area (Å²) in [6.45, 7) is 7.70. The number of halogens is 2. The smallest absolute Gasteiger partial charge is 0.182 e. The molecule has 8 nitrogen and oxygen atoms in total. The second-order valence-corrected chi connectivity index (χ2v) is 10.5. The zero-order chi connectivity index (χ0) is 23.5. The van der Waals surface area contributed by atoms with Crippen LogP contribution in [-0.2, 0) is 10.3 Å². The molecular formula is C23H28Cl2N6O2. The molecule has 176 valence electrons. The Morgan fingerprint density at radius 2 is 1.94 bits per heavy atom. The number of benzene rings is 1. The summed E-state index contributed by atoms with van der Waals surface area (Å²) in [6.07, 6.45) is 3.54. The highest BCUT2D eigenvalue weighted by atomic mass is 35.5. The van der Waals surface area contributed by atoms with Crippen LogP contribution in [0.2, 0.25) is 10.0 Å². The van der Waals surface area contributed by atoms with Crippen molar-refractivity contribution in [2.45, 2.75) is 51.4 Å². The molecule has 3 aromatic rings. The lowest BCUT2D eigenvalue weighted by Gasteiger charge is -2.42. The van der Waals surface area contributed by atoms with E-state index in [2.05, 4.69) is 10.00 Å². The Morgan fingerprint density at radius 3 is 2.58 bits per heavy atom. The minimum atomic E-state index is -1.21. The molecule has 3 N–H and O–H groups in total. The number of fused-ring (bicyclic) bond motifs is 1. The lowest BCUT2D eigenvalue weighted by Crippen LogP contribution is -2.51. The third kappa shape index (κ3) is 3.78. The number of aliphatic hydroxyl groups is 1. The second-order valence-electron chi connectivity index (χ2n) is 9.68. The summed E-state index contributed by atoms with van der Waals surface area (Å²) in [4.78, 5) is 11.9. The maximum absolute atomic E-state index is 11.0. The van der Waals surface area contributed by atoms with E-state index in [4.69, 9.17) is 43.6 Å². The van der Waals surface area contributed by atoms with Crippen molar-refractivity contribution in [2.24, 2.45) is 11.1 Å². The zero-order valence-electron chi connectivity index (χ0n) is 18.9. The molecule has 4 heterocycles. The average molecular weight is 491 g/mol. The molecule has 2 atom stereocenters.